The second-order valence-electron chi connectivity index (χ2n) is 12.6. The number of phenols is 1. The number of hydrogen-bond donors (Lipinski definition) is 4. The minimum Gasteiger partial charge on any atom is -0.507 e. The third kappa shape index (κ3) is 3.82. The average molecular weight is 543 g/mol. The van der Waals surface area contributed by atoms with E-state index in [0.717, 1.165) is 12.0 Å². The number of likely N-dealkylation sites (N-methyl/N-ethyl adjacent to an activating group) is 1. The highest BCUT2D eigenvalue weighted by molar-refractivity contribution is 6.32. The van der Waals surface area contributed by atoms with Gasteiger partial charge in [0, 0.05) is 11.5 Å². The minimum absolute atomic E-state index is 0.0443. The lowest BCUT2D eigenvalue weighted by Gasteiger charge is -2.56. The number of rotatable bonds is 4. The average Bonchev–Trinajstić information content (AvgIpc) is 2.81. The Hall–Kier alpha value is -2.95. The summed E-state index contributed by atoms with van der Waals surface area (Å²) in [7, 11) is 2.94. The molecule has 2 fully saturated rings. The SMILES string of the molecule is CCCc1cc(C(C)(C)C)c(O)c2c1C(C)C1C(C2=O)C(=O)C2(O)C(=O)C(C(N)=O)C(=O)C(N(C)C)C2C1O. The normalized spacial score (nSPS) is 34.6. The predicted molar refractivity (Wildman–Crippen MR) is 140 cm³/mol. The molecule has 0 aliphatic heterocycles. The summed E-state index contributed by atoms with van der Waals surface area (Å²) in [5, 5.41) is 34.9. The number of benzene rings is 1. The Morgan fingerprint density at radius 3 is 2.21 bits per heavy atom. The van der Waals surface area contributed by atoms with Gasteiger partial charge in [0.25, 0.3) is 0 Å². The molecule has 8 unspecified atom stereocenters. The maximum atomic E-state index is 14.1. The lowest BCUT2D eigenvalue weighted by Crippen LogP contribution is -2.77. The number of aromatic hydroxyl groups is 1. The summed E-state index contributed by atoms with van der Waals surface area (Å²) >= 11 is 0. The molecule has 1 aromatic carbocycles. The highest BCUT2D eigenvalue weighted by atomic mass is 16.3. The van der Waals surface area contributed by atoms with Gasteiger partial charge >= 0.3 is 0 Å². The van der Waals surface area contributed by atoms with E-state index >= 15 is 0 Å². The van der Waals surface area contributed by atoms with Crippen LogP contribution in [0, 0.1) is 23.7 Å². The van der Waals surface area contributed by atoms with Crippen molar-refractivity contribution in [3.63, 3.8) is 0 Å². The van der Waals surface area contributed by atoms with E-state index in [2.05, 4.69) is 0 Å². The Morgan fingerprint density at radius 1 is 1.13 bits per heavy atom. The second-order valence-corrected chi connectivity index (χ2v) is 12.6. The van der Waals surface area contributed by atoms with Gasteiger partial charge in [0.05, 0.1) is 29.5 Å². The molecule has 3 aliphatic carbocycles. The van der Waals surface area contributed by atoms with Gasteiger partial charge in [-0.25, -0.2) is 0 Å². The number of amides is 1. The van der Waals surface area contributed by atoms with Gasteiger partial charge < -0.3 is 21.1 Å². The number of carbonyl (C=O) groups excluding carboxylic acids is 5. The zero-order valence-electron chi connectivity index (χ0n) is 23.4. The molecule has 0 heterocycles. The number of aryl methyl sites for hydroxylation is 1. The Labute approximate surface area is 227 Å². The van der Waals surface area contributed by atoms with Gasteiger partial charge in [-0.3, -0.25) is 28.9 Å². The molecule has 3 aliphatic rings. The summed E-state index contributed by atoms with van der Waals surface area (Å²) in [6.45, 7) is 9.37. The van der Waals surface area contributed by atoms with Gasteiger partial charge in [-0.05, 0) is 43.0 Å². The van der Waals surface area contributed by atoms with Gasteiger partial charge in [0.2, 0.25) is 5.91 Å². The fourth-order valence-corrected chi connectivity index (χ4v) is 7.29. The van der Waals surface area contributed by atoms with Crippen molar-refractivity contribution in [2.75, 3.05) is 14.1 Å². The first-order valence-electron chi connectivity index (χ1n) is 13.4. The molecular formula is C29H38N2O8. The molecule has 212 valence electrons. The van der Waals surface area contributed by atoms with E-state index in [9.17, 15) is 39.3 Å². The number of ketones is 4. The van der Waals surface area contributed by atoms with E-state index in [0.29, 0.717) is 17.5 Å². The molecule has 1 amide bonds. The van der Waals surface area contributed by atoms with Crippen LogP contribution in [0.3, 0.4) is 0 Å². The van der Waals surface area contributed by atoms with Crippen LogP contribution in [-0.4, -0.2) is 81.1 Å². The molecule has 1 aromatic rings. The monoisotopic (exact) mass is 542 g/mol. The minimum atomic E-state index is -3.00. The number of phenolic OH excluding ortho intramolecular Hbond substituents is 1. The van der Waals surface area contributed by atoms with Gasteiger partial charge in [-0.2, -0.15) is 0 Å². The van der Waals surface area contributed by atoms with Crippen molar-refractivity contribution >= 4 is 29.0 Å². The van der Waals surface area contributed by atoms with Gasteiger partial charge in [-0.1, -0.05) is 47.1 Å². The number of aliphatic hydroxyl groups is 2. The summed E-state index contributed by atoms with van der Waals surface area (Å²) in [6, 6.07) is 0.476. The van der Waals surface area contributed by atoms with Crippen LogP contribution in [0.5, 0.6) is 5.75 Å². The van der Waals surface area contributed by atoms with Crippen LogP contribution in [-0.2, 0) is 31.0 Å². The molecule has 0 radical (unpaired) electrons. The Morgan fingerprint density at radius 2 is 1.72 bits per heavy atom. The number of primary amides is 1. The van der Waals surface area contributed by atoms with Crippen LogP contribution in [0.15, 0.2) is 6.07 Å². The summed E-state index contributed by atoms with van der Waals surface area (Å²) in [6.07, 6.45) is -0.326. The number of carbonyl (C=O) groups is 5. The largest absolute Gasteiger partial charge is 0.507 e. The van der Waals surface area contributed by atoms with Crippen molar-refractivity contribution < 1.29 is 39.3 Å². The van der Waals surface area contributed by atoms with Crippen LogP contribution in [0.2, 0.25) is 0 Å². The smallest absolute Gasteiger partial charge is 0.235 e. The quantitative estimate of drug-likeness (QED) is 0.398. The van der Waals surface area contributed by atoms with E-state index in [1.54, 1.807) is 6.92 Å². The third-order valence-electron chi connectivity index (χ3n) is 9.00. The first kappa shape index (κ1) is 29.0. The van der Waals surface area contributed by atoms with Crippen LogP contribution >= 0.6 is 0 Å². The third-order valence-corrected chi connectivity index (χ3v) is 9.00. The number of Topliss-reactive ketones (excluding diaryl/α,β-unsaturated/α-hetero) is 4. The van der Waals surface area contributed by atoms with Crippen LogP contribution in [0.25, 0.3) is 0 Å². The molecule has 5 N–H and O–H groups in total. The van der Waals surface area contributed by atoms with E-state index < -0.39 is 81.8 Å². The molecule has 0 aromatic heterocycles. The summed E-state index contributed by atoms with van der Waals surface area (Å²) < 4.78 is 0. The molecular weight excluding hydrogens is 504 g/mol. The zero-order valence-corrected chi connectivity index (χ0v) is 23.4. The molecule has 0 bridgehead atoms. The molecule has 4 rings (SSSR count). The standard InChI is InChI=1S/C29H38N2O8/c1-8-9-12-10-13(28(3,4)5)21(32)16-14(12)11(2)15-17(22(16)33)25(36)29(39)19(23(15)34)20(31(6)7)24(35)18(26(29)37)27(30)38/h10-11,15,17-20,23,32,34,39H,8-9H2,1-7H3,(H2,30,38). The summed E-state index contributed by atoms with van der Waals surface area (Å²) in [5.41, 5.74) is 3.61. The number of hydrogen-bond acceptors (Lipinski definition) is 9. The highest BCUT2D eigenvalue weighted by Crippen LogP contribution is 2.56. The molecule has 39 heavy (non-hydrogen) atoms. The van der Waals surface area contributed by atoms with Crippen LogP contribution in [0.1, 0.15) is 74.0 Å². The molecule has 8 atom stereocenters. The lowest BCUT2D eigenvalue weighted by molar-refractivity contribution is -0.196. The first-order valence-corrected chi connectivity index (χ1v) is 13.4. The zero-order chi connectivity index (χ0) is 29.5. The Bertz CT molecular complexity index is 1290. The van der Waals surface area contributed by atoms with Gasteiger partial charge in [-0.15, -0.1) is 0 Å². The number of aliphatic hydroxyl groups excluding tert-OH is 1. The van der Waals surface area contributed by atoms with Crippen molar-refractivity contribution in [3.05, 3.63) is 28.3 Å². The van der Waals surface area contributed by atoms with E-state index in [-0.39, 0.29) is 11.3 Å². The van der Waals surface area contributed by atoms with Gasteiger partial charge in [0.15, 0.2) is 34.7 Å². The predicted octanol–water partition coefficient (Wildman–Crippen LogP) is 0.649. The second kappa shape index (κ2) is 9.31. The Balaban J connectivity index is 2.01. The van der Waals surface area contributed by atoms with Crippen molar-refractivity contribution in [1.29, 1.82) is 0 Å². The Kier molecular flexibility index (Phi) is 6.94. The number of nitrogens with zero attached hydrogens (tertiary/aromatic N) is 1. The fraction of sp³-hybridized carbons (Fsp3) is 0.621. The van der Waals surface area contributed by atoms with E-state index in [1.165, 1.54) is 19.0 Å². The molecule has 2 saturated carbocycles. The van der Waals surface area contributed by atoms with Gasteiger partial charge in [0.1, 0.15) is 5.75 Å². The van der Waals surface area contributed by atoms with Crippen LogP contribution < -0.4 is 5.73 Å². The van der Waals surface area contributed by atoms with Crippen LogP contribution in [0.4, 0.5) is 0 Å². The maximum Gasteiger partial charge on any atom is 0.235 e. The van der Waals surface area contributed by atoms with Crippen molar-refractivity contribution in [1.82, 2.24) is 4.90 Å². The number of fused-ring (bicyclic) bond motifs is 3. The lowest BCUT2D eigenvalue weighted by atomic mass is 9.49. The maximum absolute atomic E-state index is 14.1. The molecule has 0 saturated heterocycles. The topological polar surface area (TPSA) is 175 Å². The van der Waals surface area contributed by atoms with Crippen molar-refractivity contribution in [2.24, 2.45) is 29.4 Å². The van der Waals surface area contributed by atoms with E-state index in [4.69, 9.17) is 5.73 Å². The van der Waals surface area contributed by atoms with Crippen molar-refractivity contribution in [2.45, 2.75) is 76.5 Å². The number of nitrogens with two attached hydrogens (primary N) is 1. The fourth-order valence-electron chi connectivity index (χ4n) is 7.29. The highest BCUT2D eigenvalue weighted by Gasteiger charge is 2.73. The molecule has 10 nitrogen and oxygen atoms in total. The van der Waals surface area contributed by atoms with Crippen molar-refractivity contribution in [3.8, 4) is 5.75 Å². The summed E-state index contributed by atoms with van der Waals surface area (Å²) in [4.78, 5) is 68.5. The molecule has 10 heteroatoms. The molecule has 0 spiro atoms. The van der Waals surface area contributed by atoms with E-state index in [1.807, 2.05) is 33.8 Å². The summed E-state index contributed by atoms with van der Waals surface area (Å²) in [5.74, 6) is -13.0. The first-order chi connectivity index (χ1) is 17.9.